The van der Waals surface area contributed by atoms with Crippen LogP contribution in [0, 0.1) is 6.92 Å². The Morgan fingerprint density at radius 2 is 2.25 bits per heavy atom. The van der Waals surface area contributed by atoms with Crippen LogP contribution >= 0.6 is 11.6 Å². The summed E-state index contributed by atoms with van der Waals surface area (Å²) < 4.78 is 5.42. The molecule has 1 rings (SSSR count). The van der Waals surface area contributed by atoms with Crippen molar-refractivity contribution in [1.82, 2.24) is 4.90 Å². The second-order valence-electron chi connectivity index (χ2n) is 2.94. The smallest absolute Gasteiger partial charge is 0.118 e. The molecule has 68 valence electrons. The van der Waals surface area contributed by atoms with Crippen molar-refractivity contribution in [3.05, 3.63) is 23.7 Å². The summed E-state index contributed by atoms with van der Waals surface area (Å²) in [6, 6.07) is 3.98. The van der Waals surface area contributed by atoms with Gasteiger partial charge in [0.2, 0.25) is 0 Å². The molecule has 0 aliphatic heterocycles. The van der Waals surface area contributed by atoms with Gasteiger partial charge in [0.15, 0.2) is 0 Å². The summed E-state index contributed by atoms with van der Waals surface area (Å²) in [5.41, 5.74) is 0. The van der Waals surface area contributed by atoms with Gasteiger partial charge in [-0.1, -0.05) is 0 Å². The topological polar surface area (TPSA) is 16.4 Å². The fourth-order valence-electron chi connectivity index (χ4n) is 1.06. The van der Waals surface area contributed by atoms with Crippen LogP contribution in [0.2, 0.25) is 0 Å². The zero-order valence-corrected chi connectivity index (χ0v) is 8.27. The first-order chi connectivity index (χ1) is 5.72. The van der Waals surface area contributed by atoms with Gasteiger partial charge < -0.3 is 4.42 Å². The number of hydrogen-bond donors (Lipinski definition) is 0. The predicted molar refractivity (Wildman–Crippen MR) is 50.5 cm³/mol. The Bertz CT molecular complexity index is 234. The maximum Gasteiger partial charge on any atom is 0.118 e. The maximum absolute atomic E-state index is 5.60. The number of furan rings is 1. The molecule has 1 heterocycles. The number of nitrogens with zero attached hydrogens (tertiary/aromatic N) is 1. The van der Waals surface area contributed by atoms with Gasteiger partial charge >= 0.3 is 0 Å². The molecule has 0 saturated heterocycles. The molecule has 0 atom stereocenters. The Morgan fingerprint density at radius 3 is 2.75 bits per heavy atom. The Hall–Kier alpha value is -0.470. The lowest BCUT2D eigenvalue weighted by Gasteiger charge is -2.12. The molecular formula is C9H14ClNO. The van der Waals surface area contributed by atoms with Crippen molar-refractivity contribution in [1.29, 1.82) is 0 Å². The quantitative estimate of drug-likeness (QED) is 0.673. The van der Waals surface area contributed by atoms with E-state index in [0.717, 1.165) is 24.6 Å². The van der Waals surface area contributed by atoms with E-state index in [0.29, 0.717) is 5.88 Å². The Balaban J connectivity index is 2.41. The van der Waals surface area contributed by atoms with Crippen LogP contribution in [0.1, 0.15) is 11.5 Å². The van der Waals surface area contributed by atoms with Gasteiger partial charge in [-0.15, -0.1) is 11.6 Å². The van der Waals surface area contributed by atoms with Crippen molar-refractivity contribution >= 4 is 11.6 Å². The molecule has 0 fully saturated rings. The number of halogens is 1. The first-order valence-corrected chi connectivity index (χ1v) is 4.55. The van der Waals surface area contributed by atoms with Crippen molar-refractivity contribution in [2.45, 2.75) is 13.5 Å². The standard InChI is InChI=1S/C9H14ClNO/c1-8-3-4-9(12-8)7-11(2)6-5-10/h3-4H,5-7H2,1-2H3. The van der Waals surface area contributed by atoms with Crippen molar-refractivity contribution in [3.8, 4) is 0 Å². The van der Waals surface area contributed by atoms with Gasteiger partial charge in [-0.3, -0.25) is 4.90 Å². The first kappa shape index (κ1) is 9.62. The molecule has 12 heavy (non-hydrogen) atoms. The second-order valence-corrected chi connectivity index (χ2v) is 3.32. The van der Waals surface area contributed by atoms with Crippen molar-refractivity contribution in [3.63, 3.8) is 0 Å². The molecule has 0 aromatic carbocycles. The van der Waals surface area contributed by atoms with Gasteiger partial charge in [0.1, 0.15) is 11.5 Å². The summed E-state index contributed by atoms with van der Waals surface area (Å²) in [6.45, 7) is 3.67. The van der Waals surface area contributed by atoms with Crippen LogP contribution in [-0.2, 0) is 6.54 Å². The molecule has 0 radical (unpaired) electrons. The first-order valence-electron chi connectivity index (χ1n) is 4.02. The maximum atomic E-state index is 5.60. The molecule has 0 bridgehead atoms. The lowest BCUT2D eigenvalue weighted by Crippen LogP contribution is -2.19. The van der Waals surface area contributed by atoms with E-state index >= 15 is 0 Å². The van der Waals surface area contributed by atoms with E-state index in [1.165, 1.54) is 0 Å². The van der Waals surface area contributed by atoms with Crippen molar-refractivity contribution < 1.29 is 4.42 Å². The summed E-state index contributed by atoms with van der Waals surface area (Å²) in [5, 5.41) is 0. The molecular weight excluding hydrogens is 174 g/mol. The van der Waals surface area contributed by atoms with E-state index in [4.69, 9.17) is 16.0 Å². The molecule has 0 N–H and O–H groups in total. The minimum Gasteiger partial charge on any atom is -0.465 e. The van der Waals surface area contributed by atoms with Crippen LogP contribution in [0.4, 0.5) is 0 Å². The molecule has 0 aliphatic carbocycles. The lowest BCUT2D eigenvalue weighted by molar-refractivity contribution is 0.307. The number of alkyl halides is 1. The highest BCUT2D eigenvalue weighted by atomic mass is 35.5. The highest BCUT2D eigenvalue weighted by molar-refractivity contribution is 6.18. The van der Waals surface area contributed by atoms with E-state index in [1.54, 1.807) is 0 Å². The van der Waals surface area contributed by atoms with Crippen LogP contribution in [0.3, 0.4) is 0 Å². The Morgan fingerprint density at radius 1 is 1.50 bits per heavy atom. The number of hydrogen-bond acceptors (Lipinski definition) is 2. The number of rotatable bonds is 4. The monoisotopic (exact) mass is 187 g/mol. The third kappa shape index (κ3) is 2.88. The van der Waals surface area contributed by atoms with Gasteiger partial charge in [0.05, 0.1) is 6.54 Å². The van der Waals surface area contributed by atoms with E-state index in [-0.39, 0.29) is 0 Å². The summed E-state index contributed by atoms with van der Waals surface area (Å²) in [5.74, 6) is 2.63. The molecule has 2 nitrogen and oxygen atoms in total. The normalized spacial score (nSPS) is 11.0. The van der Waals surface area contributed by atoms with Crippen LogP contribution in [0.25, 0.3) is 0 Å². The SMILES string of the molecule is Cc1ccc(CN(C)CCCl)o1. The highest BCUT2D eigenvalue weighted by Gasteiger charge is 2.02. The average Bonchev–Trinajstić information content (AvgIpc) is 2.36. The fraction of sp³-hybridized carbons (Fsp3) is 0.556. The molecule has 0 spiro atoms. The lowest BCUT2D eigenvalue weighted by atomic mass is 10.4. The van der Waals surface area contributed by atoms with E-state index in [9.17, 15) is 0 Å². The molecule has 1 aromatic rings. The summed E-state index contributed by atoms with van der Waals surface area (Å²) >= 11 is 5.60. The Kier molecular flexibility index (Phi) is 3.63. The Labute approximate surface area is 78.1 Å². The summed E-state index contributed by atoms with van der Waals surface area (Å²) in [6.07, 6.45) is 0. The second kappa shape index (κ2) is 4.53. The van der Waals surface area contributed by atoms with Gasteiger partial charge in [-0.05, 0) is 26.1 Å². The number of aryl methyl sites for hydroxylation is 1. The predicted octanol–water partition coefficient (Wildman–Crippen LogP) is 2.26. The van der Waals surface area contributed by atoms with Gasteiger partial charge in [0.25, 0.3) is 0 Å². The minimum atomic E-state index is 0.663. The summed E-state index contributed by atoms with van der Waals surface area (Å²) in [4.78, 5) is 2.13. The molecule has 3 heteroatoms. The largest absolute Gasteiger partial charge is 0.465 e. The molecule has 0 amide bonds. The van der Waals surface area contributed by atoms with Crippen molar-refractivity contribution in [2.24, 2.45) is 0 Å². The molecule has 1 aromatic heterocycles. The zero-order chi connectivity index (χ0) is 8.97. The van der Waals surface area contributed by atoms with E-state index < -0.39 is 0 Å². The van der Waals surface area contributed by atoms with Crippen LogP contribution in [0.5, 0.6) is 0 Å². The average molecular weight is 188 g/mol. The third-order valence-electron chi connectivity index (χ3n) is 1.69. The van der Waals surface area contributed by atoms with Crippen LogP contribution < -0.4 is 0 Å². The van der Waals surface area contributed by atoms with E-state index in [1.807, 2.05) is 26.1 Å². The fourth-order valence-corrected chi connectivity index (χ4v) is 1.35. The summed E-state index contributed by atoms with van der Waals surface area (Å²) in [7, 11) is 2.03. The van der Waals surface area contributed by atoms with Crippen LogP contribution in [0.15, 0.2) is 16.5 Å². The highest BCUT2D eigenvalue weighted by Crippen LogP contribution is 2.08. The van der Waals surface area contributed by atoms with Crippen molar-refractivity contribution in [2.75, 3.05) is 19.5 Å². The van der Waals surface area contributed by atoms with Gasteiger partial charge in [-0.25, -0.2) is 0 Å². The molecule has 0 unspecified atom stereocenters. The van der Waals surface area contributed by atoms with Crippen LogP contribution in [-0.4, -0.2) is 24.4 Å². The van der Waals surface area contributed by atoms with E-state index in [2.05, 4.69) is 4.90 Å². The third-order valence-corrected chi connectivity index (χ3v) is 1.86. The molecule has 0 saturated carbocycles. The van der Waals surface area contributed by atoms with Gasteiger partial charge in [-0.2, -0.15) is 0 Å². The zero-order valence-electron chi connectivity index (χ0n) is 7.51. The van der Waals surface area contributed by atoms with Gasteiger partial charge in [0, 0.05) is 12.4 Å². The minimum absolute atomic E-state index is 0.663. The molecule has 0 aliphatic rings.